The molecule has 0 aliphatic heterocycles. The fraction of sp³-hybridized carbons (Fsp3) is 0.562. The van der Waals surface area contributed by atoms with Gasteiger partial charge in [0.2, 0.25) is 15.9 Å². The number of nitrogens with two attached hydrogens (primary N) is 1. The quantitative estimate of drug-likeness (QED) is 0.740. The lowest BCUT2D eigenvalue weighted by atomic mass is 9.85. The summed E-state index contributed by atoms with van der Waals surface area (Å²) < 4.78 is 26.1. The number of nitrogens with one attached hydrogen (secondary N) is 2. The number of hydrogen-bond donors (Lipinski definition) is 3. The van der Waals surface area contributed by atoms with E-state index in [1.165, 1.54) is 0 Å². The summed E-state index contributed by atoms with van der Waals surface area (Å²) in [6.45, 7) is 1.81. The molecule has 2 atom stereocenters. The van der Waals surface area contributed by atoms with Gasteiger partial charge in [-0.05, 0) is 43.9 Å². The zero-order valence-corrected chi connectivity index (χ0v) is 14.2. The van der Waals surface area contributed by atoms with Crippen LogP contribution in [0.1, 0.15) is 39.0 Å². The van der Waals surface area contributed by atoms with Crippen LogP contribution in [0.3, 0.4) is 0 Å². The lowest BCUT2D eigenvalue weighted by Gasteiger charge is -2.25. The minimum Gasteiger partial charge on any atom is -0.328 e. The van der Waals surface area contributed by atoms with Crippen LogP contribution < -0.4 is 15.8 Å². The third-order valence-electron chi connectivity index (χ3n) is 3.96. The number of carbonyl (C=O) groups excluding carboxylic acids is 1. The summed E-state index contributed by atoms with van der Waals surface area (Å²) in [5, 5.41) is 2.86. The van der Waals surface area contributed by atoms with Gasteiger partial charge in [0.15, 0.2) is 0 Å². The van der Waals surface area contributed by atoms with Crippen LogP contribution in [-0.4, -0.2) is 26.1 Å². The van der Waals surface area contributed by atoms with Gasteiger partial charge in [-0.1, -0.05) is 19.4 Å². The summed E-state index contributed by atoms with van der Waals surface area (Å²) in [7, 11) is -3.34. The molecular weight excluding hydrogens is 314 g/mol. The fourth-order valence-corrected chi connectivity index (χ4v) is 4.00. The summed E-state index contributed by atoms with van der Waals surface area (Å²) in [6, 6.07) is 6.85. The molecule has 1 aliphatic rings. The zero-order valence-electron chi connectivity index (χ0n) is 13.4. The second-order valence-corrected chi connectivity index (χ2v) is 7.96. The number of rotatable bonds is 6. The molecule has 4 N–H and O–H groups in total. The topological polar surface area (TPSA) is 101 Å². The van der Waals surface area contributed by atoms with Crippen LogP contribution in [-0.2, 0) is 14.8 Å². The molecule has 23 heavy (non-hydrogen) atoms. The Hall–Kier alpha value is -1.60. The number of anilines is 2. The molecule has 0 aromatic heterocycles. The van der Waals surface area contributed by atoms with Crippen LogP contribution in [0.5, 0.6) is 0 Å². The van der Waals surface area contributed by atoms with Crippen LogP contribution in [0, 0.1) is 5.92 Å². The second-order valence-electron chi connectivity index (χ2n) is 6.11. The van der Waals surface area contributed by atoms with E-state index in [0.717, 1.165) is 19.3 Å². The maximum absolute atomic E-state index is 12.3. The number of sulfonamides is 1. The molecule has 0 saturated heterocycles. The normalized spacial score (nSPS) is 21.7. The molecule has 1 aromatic rings. The van der Waals surface area contributed by atoms with Crippen molar-refractivity contribution in [1.29, 1.82) is 0 Å². The third-order valence-corrected chi connectivity index (χ3v) is 5.45. The molecule has 0 spiro atoms. The van der Waals surface area contributed by atoms with Gasteiger partial charge in [-0.15, -0.1) is 0 Å². The molecule has 7 heteroatoms. The fourth-order valence-electron chi connectivity index (χ4n) is 2.87. The Morgan fingerprint density at radius 1 is 1.30 bits per heavy atom. The van der Waals surface area contributed by atoms with Crippen molar-refractivity contribution in [1.82, 2.24) is 0 Å². The van der Waals surface area contributed by atoms with E-state index in [0.29, 0.717) is 24.2 Å². The van der Waals surface area contributed by atoms with Crippen molar-refractivity contribution >= 4 is 27.3 Å². The van der Waals surface area contributed by atoms with Gasteiger partial charge >= 0.3 is 0 Å². The van der Waals surface area contributed by atoms with Gasteiger partial charge in [0.05, 0.1) is 11.4 Å². The largest absolute Gasteiger partial charge is 0.328 e. The first-order chi connectivity index (χ1) is 10.9. The van der Waals surface area contributed by atoms with Gasteiger partial charge in [0.25, 0.3) is 0 Å². The Bertz CT molecular complexity index is 646. The van der Waals surface area contributed by atoms with Gasteiger partial charge in [0.1, 0.15) is 0 Å². The summed E-state index contributed by atoms with van der Waals surface area (Å²) >= 11 is 0. The van der Waals surface area contributed by atoms with Crippen molar-refractivity contribution in [3.05, 3.63) is 24.3 Å². The minimum absolute atomic E-state index is 0.0475. The maximum atomic E-state index is 12.3. The average Bonchev–Trinajstić information content (AvgIpc) is 2.47. The van der Waals surface area contributed by atoms with Gasteiger partial charge < -0.3 is 11.1 Å². The molecule has 1 amide bonds. The molecule has 2 unspecified atom stereocenters. The van der Waals surface area contributed by atoms with Gasteiger partial charge in [-0.3, -0.25) is 9.52 Å². The Morgan fingerprint density at radius 2 is 2.04 bits per heavy atom. The molecule has 0 radical (unpaired) electrons. The Kier molecular flexibility index (Phi) is 6.01. The van der Waals surface area contributed by atoms with E-state index >= 15 is 0 Å². The van der Waals surface area contributed by atoms with Gasteiger partial charge in [-0.25, -0.2) is 8.42 Å². The lowest BCUT2D eigenvalue weighted by molar-refractivity contribution is -0.120. The molecule has 128 valence electrons. The first kappa shape index (κ1) is 17.7. The van der Waals surface area contributed by atoms with E-state index in [2.05, 4.69) is 10.0 Å². The van der Waals surface area contributed by atoms with Crippen LogP contribution >= 0.6 is 0 Å². The summed E-state index contributed by atoms with van der Waals surface area (Å²) in [6.07, 6.45) is 4.04. The van der Waals surface area contributed by atoms with Gasteiger partial charge in [0, 0.05) is 17.6 Å². The van der Waals surface area contributed by atoms with Crippen LogP contribution in [0.4, 0.5) is 11.4 Å². The highest BCUT2D eigenvalue weighted by Crippen LogP contribution is 2.25. The number of carbonyl (C=O) groups is 1. The molecular formula is C16H25N3O3S. The van der Waals surface area contributed by atoms with Crippen LogP contribution in [0.15, 0.2) is 24.3 Å². The van der Waals surface area contributed by atoms with E-state index in [9.17, 15) is 13.2 Å². The Morgan fingerprint density at radius 3 is 2.74 bits per heavy atom. The maximum Gasteiger partial charge on any atom is 0.232 e. The molecule has 1 fully saturated rings. The first-order valence-electron chi connectivity index (χ1n) is 8.06. The van der Waals surface area contributed by atoms with Crippen molar-refractivity contribution < 1.29 is 13.2 Å². The van der Waals surface area contributed by atoms with E-state index in [1.807, 2.05) is 6.92 Å². The predicted molar refractivity (Wildman–Crippen MR) is 92.7 cm³/mol. The molecule has 2 rings (SSSR count). The van der Waals surface area contributed by atoms with Crippen molar-refractivity contribution in [2.24, 2.45) is 11.7 Å². The number of benzene rings is 1. The number of hydrogen-bond acceptors (Lipinski definition) is 4. The van der Waals surface area contributed by atoms with E-state index < -0.39 is 10.0 Å². The van der Waals surface area contributed by atoms with Crippen molar-refractivity contribution in [3.63, 3.8) is 0 Å². The minimum atomic E-state index is -3.34. The molecule has 1 aromatic carbocycles. The highest BCUT2D eigenvalue weighted by molar-refractivity contribution is 7.92. The summed E-state index contributed by atoms with van der Waals surface area (Å²) in [4.78, 5) is 12.3. The molecule has 1 saturated carbocycles. The molecule has 0 heterocycles. The smallest absolute Gasteiger partial charge is 0.232 e. The third kappa shape index (κ3) is 5.51. The molecule has 1 aliphatic carbocycles. The van der Waals surface area contributed by atoms with Crippen molar-refractivity contribution in [3.8, 4) is 0 Å². The standard InChI is InChI=1S/C16H25N3O3S/c1-2-9-23(21,22)19-15-8-4-7-14(11-15)18-16(20)12-5-3-6-13(17)10-12/h4,7-8,11-13,19H,2-3,5-6,9-10,17H2,1H3,(H,18,20). The Balaban J connectivity index is 2.01. The summed E-state index contributed by atoms with van der Waals surface area (Å²) in [5.41, 5.74) is 6.97. The Labute approximate surface area is 137 Å². The molecule has 6 nitrogen and oxygen atoms in total. The van der Waals surface area contributed by atoms with E-state index in [1.54, 1.807) is 24.3 Å². The average molecular weight is 339 g/mol. The lowest BCUT2D eigenvalue weighted by Crippen LogP contribution is -2.34. The van der Waals surface area contributed by atoms with Crippen LogP contribution in [0.2, 0.25) is 0 Å². The van der Waals surface area contributed by atoms with Crippen LogP contribution in [0.25, 0.3) is 0 Å². The highest BCUT2D eigenvalue weighted by Gasteiger charge is 2.25. The second kappa shape index (κ2) is 7.79. The monoisotopic (exact) mass is 339 g/mol. The predicted octanol–water partition coefficient (Wildman–Crippen LogP) is 2.29. The van der Waals surface area contributed by atoms with E-state index in [-0.39, 0.29) is 23.6 Å². The van der Waals surface area contributed by atoms with Gasteiger partial charge in [-0.2, -0.15) is 0 Å². The number of amides is 1. The highest BCUT2D eigenvalue weighted by atomic mass is 32.2. The first-order valence-corrected chi connectivity index (χ1v) is 9.72. The zero-order chi connectivity index (χ0) is 16.9. The summed E-state index contributed by atoms with van der Waals surface area (Å²) in [5.74, 6) is -0.0447. The van der Waals surface area contributed by atoms with E-state index in [4.69, 9.17) is 5.73 Å². The molecule has 0 bridgehead atoms. The van der Waals surface area contributed by atoms with Crippen molar-refractivity contribution in [2.45, 2.75) is 45.1 Å². The SMILES string of the molecule is CCCS(=O)(=O)Nc1cccc(NC(=O)C2CCCC(N)C2)c1. The van der Waals surface area contributed by atoms with Crippen molar-refractivity contribution in [2.75, 3.05) is 15.8 Å².